The number of benzene rings is 1. The van der Waals surface area contributed by atoms with Crippen molar-refractivity contribution in [2.45, 2.75) is 26.5 Å². The summed E-state index contributed by atoms with van der Waals surface area (Å²) in [6.07, 6.45) is 7.03. The van der Waals surface area contributed by atoms with Gasteiger partial charge in [-0.1, -0.05) is 12.1 Å². The average molecular weight is 536 g/mol. The molecule has 0 aliphatic heterocycles. The number of pyridine rings is 1. The number of imidazole rings is 1. The van der Waals surface area contributed by atoms with E-state index in [1.165, 1.54) is 0 Å². The van der Waals surface area contributed by atoms with Gasteiger partial charge in [0.2, 0.25) is 0 Å². The lowest BCUT2D eigenvalue weighted by Gasteiger charge is -2.19. The van der Waals surface area contributed by atoms with E-state index in [4.69, 9.17) is 9.47 Å². The Kier molecular flexibility index (Phi) is 10.1. The van der Waals surface area contributed by atoms with Crippen molar-refractivity contribution in [2.75, 3.05) is 20.2 Å². The molecule has 0 bridgehead atoms. The second-order valence-electron chi connectivity index (χ2n) is 6.65. The molecule has 8 nitrogen and oxygen atoms in total. The Morgan fingerprint density at radius 3 is 2.68 bits per heavy atom. The molecule has 0 radical (unpaired) electrons. The molecule has 166 valence electrons. The largest absolute Gasteiger partial charge is 0.493 e. The molecule has 9 heteroatoms. The number of nitrogens with zero attached hydrogens (tertiary/aromatic N) is 4. The van der Waals surface area contributed by atoms with Gasteiger partial charge in [-0.2, -0.15) is 0 Å². The van der Waals surface area contributed by atoms with E-state index in [2.05, 4.69) is 25.6 Å². The number of aromatic nitrogens is 3. The second kappa shape index (κ2) is 12.8. The molecule has 0 saturated heterocycles. The predicted molar refractivity (Wildman–Crippen MR) is 133 cm³/mol. The van der Waals surface area contributed by atoms with E-state index in [-0.39, 0.29) is 30.1 Å². The molecule has 0 spiro atoms. The highest BCUT2D eigenvalue weighted by molar-refractivity contribution is 14.0. The zero-order valence-electron chi connectivity index (χ0n) is 18.0. The SMILES string of the molecule is CCNC(=NCc1ccnc(-n2ccnc2)c1)NCC(C)Oc1ccccc1OC.I. The van der Waals surface area contributed by atoms with Gasteiger partial charge < -0.3 is 20.1 Å². The Labute approximate surface area is 200 Å². The summed E-state index contributed by atoms with van der Waals surface area (Å²) in [5.41, 5.74) is 1.06. The first kappa shape index (κ1) is 24.4. The molecule has 2 aromatic heterocycles. The number of aliphatic imine (C=N–C) groups is 1. The number of rotatable bonds is 9. The Balaban J connectivity index is 0.00000341. The number of ether oxygens (including phenoxy) is 2. The summed E-state index contributed by atoms with van der Waals surface area (Å²) < 4.78 is 13.2. The monoisotopic (exact) mass is 536 g/mol. The third kappa shape index (κ3) is 7.42. The highest BCUT2D eigenvalue weighted by Crippen LogP contribution is 2.26. The van der Waals surface area contributed by atoms with E-state index < -0.39 is 0 Å². The molecule has 0 aliphatic carbocycles. The van der Waals surface area contributed by atoms with Crippen molar-refractivity contribution in [3.05, 3.63) is 66.9 Å². The first-order valence-corrected chi connectivity index (χ1v) is 9.94. The molecule has 0 saturated carbocycles. The number of hydrogen-bond acceptors (Lipinski definition) is 5. The number of hydrogen-bond donors (Lipinski definition) is 2. The molecular formula is C22H29IN6O2. The van der Waals surface area contributed by atoms with Gasteiger partial charge in [-0.3, -0.25) is 4.57 Å². The summed E-state index contributed by atoms with van der Waals surface area (Å²) in [7, 11) is 1.64. The fraction of sp³-hybridized carbons (Fsp3) is 0.318. The number of methoxy groups -OCH3 is 1. The first-order chi connectivity index (χ1) is 14.7. The number of halogens is 1. The van der Waals surface area contributed by atoms with Crippen LogP contribution in [0.25, 0.3) is 5.82 Å². The highest BCUT2D eigenvalue weighted by atomic mass is 127. The van der Waals surface area contributed by atoms with Gasteiger partial charge in [0, 0.05) is 25.1 Å². The van der Waals surface area contributed by atoms with Crippen molar-refractivity contribution >= 4 is 29.9 Å². The zero-order chi connectivity index (χ0) is 21.2. The minimum Gasteiger partial charge on any atom is -0.493 e. The predicted octanol–water partition coefficient (Wildman–Crippen LogP) is 3.42. The molecule has 31 heavy (non-hydrogen) atoms. The van der Waals surface area contributed by atoms with Gasteiger partial charge >= 0.3 is 0 Å². The zero-order valence-corrected chi connectivity index (χ0v) is 20.3. The maximum absolute atomic E-state index is 6.00. The minimum absolute atomic E-state index is 0. The van der Waals surface area contributed by atoms with Crippen LogP contribution in [0, 0.1) is 0 Å². The fourth-order valence-corrected chi connectivity index (χ4v) is 2.82. The van der Waals surface area contributed by atoms with Crippen LogP contribution >= 0.6 is 24.0 Å². The van der Waals surface area contributed by atoms with E-state index in [0.29, 0.717) is 13.1 Å². The van der Waals surface area contributed by atoms with Crippen LogP contribution in [0.15, 0.2) is 66.3 Å². The third-order valence-corrected chi connectivity index (χ3v) is 4.30. The lowest BCUT2D eigenvalue weighted by Crippen LogP contribution is -2.41. The number of nitrogens with one attached hydrogen (secondary N) is 2. The topological polar surface area (TPSA) is 85.6 Å². The lowest BCUT2D eigenvalue weighted by atomic mass is 10.2. The van der Waals surface area contributed by atoms with Gasteiger partial charge in [-0.15, -0.1) is 24.0 Å². The molecule has 0 aliphatic rings. The van der Waals surface area contributed by atoms with Crippen molar-refractivity contribution < 1.29 is 9.47 Å². The van der Waals surface area contributed by atoms with Crippen molar-refractivity contribution in [1.82, 2.24) is 25.2 Å². The summed E-state index contributed by atoms with van der Waals surface area (Å²) in [4.78, 5) is 13.1. The Bertz CT molecular complexity index is 949. The molecule has 1 atom stereocenters. The van der Waals surface area contributed by atoms with Gasteiger partial charge in [-0.25, -0.2) is 15.0 Å². The van der Waals surface area contributed by atoms with Crippen LogP contribution in [0.3, 0.4) is 0 Å². The molecule has 2 heterocycles. The summed E-state index contributed by atoms with van der Waals surface area (Å²) in [5.74, 6) is 2.99. The van der Waals surface area contributed by atoms with E-state index in [9.17, 15) is 0 Å². The molecule has 1 aromatic carbocycles. The van der Waals surface area contributed by atoms with Crippen molar-refractivity contribution in [3.8, 4) is 17.3 Å². The van der Waals surface area contributed by atoms with Crippen molar-refractivity contribution in [2.24, 2.45) is 4.99 Å². The van der Waals surface area contributed by atoms with Gasteiger partial charge in [0.1, 0.15) is 18.2 Å². The van der Waals surface area contributed by atoms with Gasteiger partial charge in [0.15, 0.2) is 17.5 Å². The first-order valence-electron chi connectivity index (χ1n) is 9.94. The summed E-state index contributed by atoms with van der Waals surface area (Å²) >= 11 is 0. The number of guanidine groups is 1. The maximum Gasteiger partial charge on any atom is 0.191 e. The fourth-order valence-electron chi connectivity index (χ4n) is 2.82. The Hall–Kier alpha value is -2.82. The molecule has 2 N–H and O–H groups in total. The molecule has 0 fully saturated rings. The summed E-state index contributed by atoms with van der Waals surface area (Å²) in [5, 5.41) is 6.60. The maximum atomic E-state index is 6.00. The van der Waals surface area contributed by atoms with Crippen LogP contribution in [0.1, 0.15) is 19.4 Å². The van der Waals surface area contributed by atoms with E-state index in [0.717, 1.165) is 35.4 Å². The van der Waals surface area contributed by atoms with Crippen molar-refractivity contribution in [1.29, 1.82) is 0 Å². The lowest BCUT2D eigenvalue weighted by molar-refractivity contribution is 0.213. The molecule has 3 rings (SSSR count). The number of para-hydroxylation sites is 2. The summed E-state index contributed by atoms with van der Waals surface area (Å²) in [6, 6.07) is 11.6. The molecule has 3 aromatic rings. The highest BCUT2D eigenvalue weighted by Gasteiger charge is 2.09. The van der Waals surface area contributed by atoms with E-state index in [1.54, 1.807) is 25.8 Å². The summed E-state index contributed by atoms with van der Waals surface area (Å²) in [6.45, 7) is 5.94. The molecular weight excluding hydrogens is 507 g/mol. The van der Waals surface area contributed by atoms with E-state index in [1.807, 2.05) is 61.0 Å². The normalized spacial score (nSPS) is 11.9. The Morgan fingerprint density at radius 1 is 1.16 bits per heavy atom. The van der Waals surface area contributed by atoms with Crippen LogP contribution in [-0.4, -0.2) is 46.8 Å². The standard InChI is InChI=1S/C22H28N6O2.HI/c1-4-24-22(26-14-17(2)30-20-8-6-5-7-19(20)29-3)27-15-18-9-10-25-21(13-18)28-12-11-23-16-28;/h5-13,16-17H,4,14-15H2,1-3H3,(H2,24,26,27);1H. The van der Waals surface area contributed by atoms with E-state index >= 15 is 0 Å². The smallest absolute Gasteiger partial charge is 0.191 e. The van der Waals surface area contributed by atoms with Crippen LogP contribution in [0.5, 0.6) is 11.5 Å². The Morgan fingerprint density at radius 2 is 1.97 bits per heavy atom. The molecule has 1 unspecified atom stereocenters. The average Bonchev–Trinajstić information content (AvgIpc) is 3.31. The van der Waals surface area contributed by atoms with Crippen LogP contribution in [0.4, 0.5) is 0 Å². The second-order valence-corrected chi connectivity index (χ2v) is 6.65. The van der Waals surface area contributed by atoms with Crippen LogP contribution < -0.4 is 20.1 Å². The molecule has 0 amide bonds. The van der Waals surface area contributed by atoms with Crippen LogP contribution in [-0.2, 0) is 6.54 Å². The van der Waals surface area contributed by atoms with Gasteiger partial charge in [-0.05, 0) is 43.7 Å². The van der Waals surface area contributed by atoms with Gasteiger partial charge in [0.05, 0.1) is 20.2 Å². The van der Waals surface area contributed by atoms with Crippen LogP contribution in [0.2, 0.25) is 0 Å². The van der Waals surface area contributed by atoms with Gasteiger partial charge in [0.25, 0.3) is 0 Å². The third-order valence-electron chi connectivity index (χ3n) is 4.30. The minimum atomic E-state index is -0.0704. The van der Waals surface area contributed by atoms with Crippen molar-refractivity contribution in [3.63, 3.8) is 0 Å². The quantitative estimate of drug-likeness (QED) is 0.248.